The number of unbranched alkanes of at least 4 members (excludes halogenated alkanes) is 2. The topological polar surface area (TPSA) is 93.1 Å². The minimum atomic E-state index is -0.824. The molecule has 8 aromatic carbocycles. The molecule has 0 aliphatic carbocycles. The molecule has 0 spiro atoms. The summed E-state index contributed by atoms with van der Waals surface area (Å²) < 4.78 is 13.9. The molecule has 0 unspecified atom stereocenters. The first kappa shape index (κ1) is 36.3. The van der Waals surface area contributed by atoms with E-state index in [1.807, 2.05) is 48.5 Å². The number of carboxylic acid groups (broad SMARTS) is 2. The van der Waals surface area contributed by atoms with Gasteiger partial charge in [0.1, 0.15) is 11.5 Å². The van der Waals surface area contributed by atoms with Crippen molar-refractivity contribution in [3.63, 3.8) is 0 Å². The molecule has 0 bridgehead atoms. The van der Waals surface area contributed by atoms with Crippen molar-refractivity contribution in [3.05, 3.63) is 146 Å². The summed E-state index contributed by atoms with van der Waals surface area (Å²) >= 11 is 0. The Morgan fingerprint density at radius 2 is 0.786 bits per heavy atom. The SMILES string of the molecule is O=C(O)CCCCOc1c(-c2ccc3ccccc3c2)cc2ccccc2c1-c1c(OCCCCC(=O)O)c(-c2ccc3ccccc3c2)cc2ccccc12. The van der Waals surface area contributed by atoms with Crippen LogP contribution in [0.15, 0.2) is 146 Å². The molecule has 2 N–H and O–H groups in total. The third-order valence-corrected chi connectivity index (χ3v) is 10.4. The lowest BCUT2D eigenvalue weighted by Crippen LogP contribution is -2.06. The average Bonchev–Trinajstić information content (AvgIpc) is 3.22. The van der Waals surface area contributed by atoms with E-state index in [-0.39, 0.29) is 12.8 Å². The van der Waals surface area contributed by atoms with Crippen LogP contribution in [-0.2, 0) is 9.59 Å². The first-order valence-corrected chi connectivity index (χ1v) is 19.2. The summed E-state index contributed by atoms with van der Waals surface area (Å²) in [4.78, 5) is 22.8. The van der Waals surface area contributed by atoms with Crippen molar-refractivity contribution in [2.24, 2.45) is 0 Å². The van der Waals surface area contributed by atoms with Crippen molar-refractivity contribution in [2.45, 2.75) is 38.5 Å². The molecule has 6 nitrogen and oxygen atoms in total. The Kier molecular flexibility index (Phi) is 10.6. The Morgan fingerprint density at radius 3 is 1.20 bits per heavy atom. The van der Waals surface area contributed by atoms with Crippen LogP contribution in [0.4, 0.5) is 0 Å². The number of hydrogen-bond donors (Lipinski definition) is 2. The molecule has 0 saturated heterocycles. The standard InChI is InChI=1S/C50H42O6/c51-45(52)21-9-11-27-55-49-43(39-25-23-33-13-1-3-15-35(33)29-39)31-37-17-5-7-19-41(37)47(49)48-42-20-8-6-18-38(42)32-44(50(48)56-28-12-10-22-46(53)54)40-26-24-34-14-2-4-16-36(34)30-40/h1-8,13-20,23-26,29-32H,9-12,21-22,27-28H2,(H,51,52)(H,53,54). The van der Waals surface area contributed by atoms with Crippen molar-refractivity contribution in [2.75, 3.05) is 13.2 Å². The molecule has 0 saturated carbocycles. The third-order valence-electron chi connectivity index (χ3n) is 10.4. The van der Waals surface area contributed by atoms with Crippen LogP contribution >= 0.6 is 0 Å². The van der Waals surface area contributed by atoms with Crippen LogP contribution in [0.3, 0.4) is 0 Å². The van der Waals surface area contributed by atoms with Gasteiger partial charge in [-0.2, -0.15) is 0 Å². The predicted molar refractivity (Wildman–Crippen MR) is 227 cm³/mol. The van der Waals surface area contributed by atoms with Crippen molar-refractivity contribution in [1.29, 1.82) is 0 Å². The summed E-state index contributed by atoms with van der Waals surface area (Å²) in [5.74, 6) is -0.248. The van der Waals surface area contributed by atoms with Gasteiger partial charge in [0.15, 0.2) is 0 Å². The van der Waals surface area contributed by atoms with Crippen LogP contribution in [0.1, 0.15) is 38.5 Å². The summed E-state index contributed by atoms with van der Waals surface area (Å²) in [6.45, 7) is 0.653. The zero-order valence-electron chi connectivity index (χ0n) is 31.0. The maximum atomic E-state index is 11.4. The van der Waals surface area contributed by atoms with E-state index in [1.54, 1.807) is 0 Å². The second-order valence-electron chi connectivity index (χ2n) is 14.2. The number of hydrogen-bond acceptors (Lipinski definition) is 4. The van der Waals surface area contributed by atoms with Crippen LogP contribution in [-0.4, -0.2) is 35.4 Å². The Balaban J connectivity index is 1.42. The smallest absolute Gasteiger partial charge is 0.303 e. The molecule has 0 amide bonds. The maximum absolute atomic E-state index is 11.4. The molecule has 56 heavy (non-hydrogen) atoms. The zero-order chi connectivity index (χ0) is 38.4. The molecule has 0 radical (unpaired) electrons. The van der Waals surface area contributed by atoms with Crippen LogP contribution in [0.5, 0.6) is 11.5 Å². The van der Waals surface area contributed by atoms with Gasteiger partial charge in [0, 0.05) is 35.1 Å². The Bertz CT molecular complexity index is 2540. The van der Waals surface area contributed by atoms with Crippen molar-refractivity contribution in [1.82, 2.24) is 0 Å². The Morgan fingerprint density at radius 1 is 0.411 bits per heavy atom. The van der Waals surface area contributed by atoms with Gasteiger partial charge in [-0.15, -0.1) is 0 Å². The van der Waals surface area contributed by atoms with Crippen LogP contribution in [0.2, 0.25) is 0 Å². The van der Waals surface area contributed by atoms with Gasteiger partial charge in [0.25, 0.3) is 0 Å². The number of ether oxygens (including phenoxy) is 2. The van der Waals surface area contributed by atoms with E-state index in [2.05, 4.69) is 97.1 Å². The highest BCUT2D eigenvalue weighted by Crippen LogP contribution is 2.52. The van der Waals surface area contributed by atoms with Crippen LogP contribution < -0.4 is 9.47 Å². The summed E-state index contributed by atoms with van der Waals surface area (Å²) in [6, 6.07) is 50.6. The van der Waals surface area contributed by atoms with Crippen molar-refractivity contribution >= 4 is 55.0 Å². The minimum Gasteiger partial charge on any atom is -0.492 e. The predicted octanol–water partition coefficient (Wildman–Crippen LogP) is 12.6. The molecule has 6 heteroatoms. The second-order valence-corrected chi connectivity index (χ2v) is 14.2. The van der Waals surface area contributed by atoms with Gasteiger partial charge in [-0.25, -0.2) is 0 Å². The van der Waals surface area contributed by atoms with Gasteiger partial charge in [-0.1, -0.05) is 121 Å². The molecular formula is C50H42O6. The van der Waals surface area contributed by atoms with Gasteiger partial charge in [0.2, 0.25) is 0 Å². The highest BCUT2D eigenvalue weighted by molar-refractivity contribution is 6.14. The molecular weight excluding hydrogens is 697 g/mol. The second kappa shape index (κ2) is 16.4. The summed E-state index contributed by atoms with van der Waals surface area (Å²) in [6.07, 6.45) is 2.28. The normalized spacial score (nSPS) is 11.4. The highest BCUT2D eigenvalue weighted by atomic mass is 16.5. The van der Waals surface area contributed by atoms with Gasteiger partial charge in [-0.05, 0) is 104 Å². The van der Waals surface area contributed by atoms with E-state index in [0.717, 1.165) is 76.5 Å². The van der Waals surface area contributed by atoms with E-state index >= 15 is 0 Å². The van der Waals surface area contributed by atoms with Crippen LogP contribution in [0, 0.1) is 0 Å². The fourth-order valence-electron chi connectivity index (χ4n) is 7.70. The van der Waals surface area contributed by atoms with Crippen molar-refractivity contribution in [3.8, 4) is 44.9 Å². The summed E-state index contributed by atoms with van der Waals surface area (Å²) in [7, 11) is 0. The molecule has 0 heterocycles. The number of rotatable bonds is 15. The largest absolute Gasteiger partial charge is 0.492 e. The molecule has 8 rings (SSSR count). The Labute approximate surface area is 325 Å². The lowest BCUT2D eigenvalue weighted by Gasteiger charge is -2.24. The van der Waals surface area contributed by atoms with Gasteiger partial charge < -0.3 is 19.7 Å². The quantitative estimate of drug-likeness (QED) is 0.102. The lowest BCUT2D eigenvalue weighted by atomic mass is 9.86. The van der Waals surface area contributed by atoms with E-state index in [0.29, 0.717) is 50.4 Å². The van der Waals surface area contributed by atoms with Crippen molar-refractivity contribution < 1.29 is 29.3 Å². The summed E-state index contributed by atoms with van der Waals surface area (Å²) in [5.41, 5.74) is 5.64. The molecule has 0 aromatic heterocycles. The van der Waals surface area contributed by atoms with E-state index in [9.17, 15) is 19.8 Å². The van der Waals surface area contributed by atoms with Gasteiger partial charge in [-0.3, -0.25) is 9.59 Å². The van der Waals surface area contributed by atoms with Crippen LogP contribution in [0.25, 0.3) is 76.5 Å². The van der Waals surface area contributed by atoms with E-state index in [4.69, 9.17) is 9.47 Å². The number of aliphatic carboxylic acids is 2. The Hall–Kier alpha value is -6.66. The molecule has 0 fully saturated rings. The fourth-order valence-corrected chi connectivity index (χ4v) is 7.70. The summed E-state index contributed by atoms with van der Waals surface area (Å²) in [5, 5.41) is 27.3. The van der Waals surface area contributed by atoms with E-state index in [1.165, 1.54) is 0 Å². The maximum Gasteiger partial charge on any atom is 0.303 e. The average molecular weight is 739 g/mol. The molecule has 0 aliphatic rings. The number of fused-ring (bicyclic) bond motifs is 4. The molecule has 0 atom stereocenters. The lowest BCUT2D eigenvalue weighted by molar-refractivity contribution is -0.138. The monoisotopic (exact) mass is 738 g/mol. The number of carbonyl (C=O) groups is 2. The molecule has 0 aliphatic heterocycles. The van der Waals surface area contributed by atoms with Gasteiger partial charge >= 0.3 is 11.9 Å². The third kappa shape index (κ3) is 7.64. The fraction of sp³-hybridized carbons (Fsp3) is 0.160. The molecule has 8 aromatic rings. The number of benzene rings is 8. The highest BCUT2D eigenvalue weighted by Gasteiger charge is 2.26. The van der Waals surface area contributed by atoms with E-state index < -0.39 is 11.9 Å². The molecule has 278 valence electrons. The minimum absolute atomic E-state index is 0.0732. The zero-order valence-corrected chi connectivity index (χ0v) is 31.0. The first-order chi connectivity index (χ1) is 27.4. The number of carboxylic acids is 2. The van der Waals surface area contributed by atoms with Gasteiger partial charge in [0.05, 0.1) is 13.2 Å². The first-order valence-electron chi connectivity index (χ1n) is 19.2.